The van der Waals surface area contributed by atoms with E-state index in [1.807, 2.05) is 0 Å². The maximum Gasteiger partial charge on any atom is 0.345 e. The van der Waals surface area contributed by atoms with Crippen molar-refractivity contribution in [1.82, 2.24) is 4.98 Å². The minimum Gasteiger partial charge on any atom is -0.361 e. The molecule has 0 aromatic carbocycles. The van der Waals surface area contributed by atoms with Crippen molar-refractivity contribution in [3.63, 3.8) is 0 Å². The predicted molar refractivity (Wildman–Crippen MR) is 56.7 cm³/mol. The standard InChI is InChI=1S/C8H13N3O2S/c1-8(2,3)5-10-7-9-4-6(14-7)11(12)13/h4H,5H2,1-3H3,(H,9,10). The first-order chi connectivity index (χ1) is 6.38. The van der Waals surface area contributed by atoms with Crippen LogP contribution >= 0.6 is 11.3 Å². The van der Waals surface area contributed by atoms with E-state index in [2.05, 4.69) is 31.1 Å². The maximum absolute atomic E-state index is 10.4. The topological polar surface area (TPSA) is 68.1 Å². The van der Waals surface area contributed by atoms with Crippen LogP contribution in [0.4, 0.5) is 10.1 Å². The van der Waals surface area contributed by atoms with Crippen LogP contribution in [0.15, 0.2) is 6.20 Å². The van der Waals surface area contributed by atoms with Gasteiger partial charge in [-0.2, -0.15) is 0 Å². The molecule has 1 aromatic rings. The Bertz CT molecular complexity index is 330. The van der Waals surface area contributed by atoms with Crippen LogP contribution in [0.25, 0.3) is 0 Å². The molecule has 0 fully saturated rings. The maximum atomic E-state index is 10.4. The van der Waals surface area contributed by atoms with E-state index in [9.17, 15) is 10.1 Å². The summed E-state index contributed by atoms with van der Waals surface area (Å²) in [7, 11) is 0. The van der Waals surface area contributed by atoms with E-state index in [0.29, 0.717) is 5.13 Å². The third-order valence-corrected chi connectivity index (χ3v) is 2.35. The van der Waals surface area contributed by atoms with Crippen LogP contribution in [0.1, 0.15) is 20.8 Å². The van der Waals surface area contributed by atoms with Crippen molar-refractivity contribution in [2.75, 3.05) is 11.9 Å². The summed E-state index contributed by atoms with van der Waals surface area (Å²) in [5, 5.41) is 14.1. The summed E-state index contributed by atoms with van der Waals surface area (Å²) < 4.78 is 0. The molecule has 6 heteroatoms. The lowest BCUT2D eigenvalue weighted by molar-refractivity contribution is -0.380. The Morgan fingerprint density at radius 3 is 2.71 bits per heavy atom. The summed E-state index contributed by atoms with van der Waals surface area (Å²) in [4.78, 5) is 13.8. The second-order valence-corrected chi connectivity index (χ2v) is 5.18. The molecule has 78 valence electrons. The number of nitrogens with zero attached hydrogens (tertiary/aromatic N) is 2. The number of aromatic nitrogens is 1. The highest BCUT2D eigenvalue weighted by Gasteiger charge is 2.14. The predicted octanol–water partition coefficient (Wildman–Crippen LogP) is 2.51. The van der Waals surface area contributed by atoms with Gasteiger partial charge in [-0.3, -0.25) is 10.1 Å². The zero-order valence-corrected chi connectivity index (χ0v) is 9.22. The molecule has 0 unspecified atom stereocenters. The monoisotopic (exact) mass is 215 g/mol. The van der Waals surface area contributed by atoms with Crippen LogP contribution in [-0.4, -0.2) is 16.5 Å². The molecule has 1 N–H and O–H groups in total. The fourth-order valence-electron chi connectivity index (χ4n) is 0.773. The summed E-state index contributed by atoms with van der Waals surface area (Å²) in [6.45, 7) is 7.00. The van der Waals surface area contributed by atoms with E-state index in [1.165, 1.54) is 6.20 Å². The van der Waals surface area contributed by atoms with E-state index in [1.54, 1.807) is 0 Å². The van der Waals surface area contributed by atoms with E-state index >= 15 is 0 Å². The molecular weight excluding hydrogens is 202 g/mol. The summed E-state index contributed by atoms with van der Waals surface area (Å²) in [5.74, 6) is 0. The quantitative estimate of drug-likeness (QED) is 0.621. The molecule has 0 saturated heterocycles. The summed E-state index contributed by atoms with van der Waals surface area (Å²) >= 11 is 1.06. The van der Waals surface area contributed by atoms with Gasteiger partial charge in [-0.25, -0.2) is 4.98 Å². The van der Waals surface area contributed by atoms with Gasteiger partial charge in [0.2, 0.25) is 0 Å². The Hall–Kier alpha value is -1.17. The fraction of sp³-hybridized carbons (Fsp3) is 0.625. The van der Waals surface area contributed by atoms with E-state index in [0.717, 1.165) is 17.9 Å². The van der Waals surface area contributed by atoms with E-state index in [-0.39, 0.29) is 10.4 Å². The molecule has 1 rings (SSSR count). The van der Waals surface area contributed by atoms with E-state index in [4.69, 9.17) is 0 Å². The van der Waals surface area contributed by atoms with Crippen LogP contribution < -0.4 is 5.32 Å². The smallest absolute Gasteiger partial charge is 0.345 e. The van der Waals surface area contributed by atoms with Gasteiger partial charge in [0.05, 0.1) is 4.92 Å². The molecule has 1 aromatic heterocycles. The molecule has 0 aliphatic carbocycles. The average molecular weight is 215 g/mol. The average Bonchev–Trinajstić information content (AvgIpc) is 2.47. The second kappa shape index (κ2) is 3.91. The van der Waals surface area contributed by atoms with Crippen molar-refractivity contribution < 1.29 is 4.92 Å². The lowest BCUT2D eigenvalue weighted by Crippen LogP contribution is -2.18. The summed E-state index contributed by atoms with van der Waals surface area (Å²) in [6.07, 6.45) is 1.27. The first-order valence-corrected chi connectivity index (χ1v) is 5.04. The lowest BCUT2D eigenvalue weighted by atomic mass is 9.97. The minimum atomic E-state index is -0.431. The number of nitrogens with one attached hydrogen (secondary N) is 1. The second-order valence-electron chi connectivity index (χ2n) is 4.17. The van der Waals surface area contributed by atoms with Crippen LogP contribution in [0.3, 0.4) is 0 Å². The van der Waals surface area contributed by atoms with Gasteiger partial charge < -0.3 is 5.32 Å². The summed E-state index contributed by atoms with van der Waals surface area (Å²) in [5.41, 5.74) is 0.139. The van der Waals surface area contributed by atoms with Crippen molar-refractivity contribution in [2.45, 2.75) is 20.8 Å². The fourth-order valence-corrected chi connectivity index (χ4v) is 1.40. The minimum absolute atomic E-state index is 0.0707. The van der Waals surface area contributed by atoms with Crippen LogP contribution in [0, 0.1) is 15.5 Å². The highest BCUT2D eigenvalue weighted by atomic mass is 32.1. The molecule has 0 saturated carbocycles. The number of anilines is 1. The van der Waals surface area contributed by atoms with Crippen LogP contribution in [-0.2, 0) is 0 Å². The lowest BCUT2D eigenvalue weighted by Gasteiger charge is -2.17. The third-order valence-electron chi connectivity index (χ3n) is 1.44. The summed E-state index contributed by atoms with van der Waals surface area (Å²) in [6, 6.07) is 0. The van der Waals surface area contributed by atoms with Gasteiger partial charge in [0.1, 0.15) is 6.20 Å². The number of nitro groups is 1. The highest BCUT2D eigenvalue weighted by Crippen LogP contribution is 2.26. The zero-order chi connectivity index (χ0) is 10.8. The van der Waals surface area contributed by atoms with Gasteiger partial charge in [-0.15, -0.1) is 0 Å². The Kier molecular flexibility index (Phi) is 3.05. The van der Waals surface area contributed by atoms with Gasteiger partial charge in [0.15, 0.2) is 5.13 Å². The molecule has 0 aliphatic rings. The molecule has 0 aliphatic heterocycles. The number of hydrogen-bond acceptors (Lipinski definition) is 5. The van der Waals surface area contributed by atoms with E-state index < -0.39 is 4.92 Å². The Balaban J connectivity index is 2.56. The van der Waals surface area contributed by atoms with Gasteiger partial charge in [-0.1, -0.05) is 20.8 Å². The van der Waals surface area contributed by atoms with Crippen molar-refractivity contribution in [1.29, 1.82) is 0 Å². The molecule has 0 atom stereocenters. The van der Waals surface area contributed by atoms with Gasteiger partial charge in [-0.05, 0) is 16.8 Å². The molecule has 0 radical (unpaired) electrons. The molecule has 1 heterocycles. The molecule has 5 nitrogen and oxygen atoms in total. The Morgan fingerprint density at radius 2 is 2.29 bits per heavy atom. The first-order valence-electron chi connectivity index (χ1n) is 4.22. The molecule has 14 heavy (non-hydrogen) atoms. The van der Waals surface area contributed by atoms with Crippen molar-refractivity contribution in [3.05, 3.63) is 16.3 Å². The van der Waals surface area contributed by atoms with Gasteiger partial charge >= 0.3 is 5.00 Å². The largest absolute Gasteiger partial charge is 0.361 e. The Morgan fingerprint density at radius 1 is 1.64 bits per heavy atom. The van der Waals surface area contributed by atoms with Crippen LogP contribution in [0.5, 0.6) is 0 Å². The highest BCUT2D eigenvalue weighted by molar-refractivity contribution is 7.18. The zero-order valence-electron chi connectivity index (χ0n) is 8.40. The first kappa shape index (κ1) is 10.9. The van der Waals surface area contributed by atoms with Crippen LogP contribution in [0.2, 0.25) is 0 Å². The molecular formula is C8H13N3O2S. The van der Waals surface area contributed by atoms with Gasteiger partial charge in [0.25, 0.3) is 0 Å². The number of thiazole rings is 1. The van der Waals surface area contributed by atoms with Gasteiger partial charge in [0, 0.05) is 6.54 Å². The number of hydrogen-bond donors (Lipinski definition) is 1. The van der Waals surface area contributed by atoms with Crippen molar-refractivity contribution in [2.24, 2.45) is 5.41 Å². The van der Waals surface area contributed by atoms with Crippen molar-refractivity contribution in [3.8, 4) is 0 Å². The molecule has 0 bridgehead atoms. The molecule has 0 amide bonds. The Labute approximate surface area is 86.3 Å². The number of rotatable bonds is 3. The SMILES string of the molecule is CC(C)(C)CNc1ncc([N+](=O)[O-])s1. The molecule has 0 spiro atoms. The third kappa shape index (κ3) is 3.29. The normalized spacial score (nSPS) is 11.4. The van der Waals surface area contributed by atoms with Crippen molar-refractivity contribution >= 4 is 21.5 Å².